The smallest absolute Gasteiger partial charge is 0.407 e. The number of alkyl carbamates (subject to hydrolysis) is 1. The fraction of sp³-hybridized carbons (Fsp3) is 0.733. The van der Waals surface area contributed by atoms with Gasteiger partial charge in [0.05, 0.1) is 6.54 Å². The molecule has 0 atom stereocenters. The average molecular weight is 296 g/mol. The molecule has 3 N–H and O–H groups in total. The molecule has 0 radical (unpaired) electrons. The van der Waals surface area contributed by atoms with Crippen LogP contribution < -0.4 is 16.0 Å². The van der Waals surface area contributed by atoms with Gasteiger partial charge < -0.3 is 20.7 Å². The van der Waals surface area contributed by atoms with E-state index in [0.717, 1.165) is 25.3 Å². The molecule has 0 saturated carbocycles. The van der Waals surface area contributed by atoms with Crippen LogP contribution in [0.1, 0.15) is 40.5 Å². The Morgan fingerprint density at radius 3 is 2.52 bits per heavy atom. The van der Waals surface area contributed by atoms with E-state index in [9.17, 15) is 4.79 Å². The minimum absolute atomic E-state index is 0.407. The summed E-state index contributed by atoms with van der Waals surface area (Å²) in [5.41, 5.74) is -0.473. The highest BCUT2D eigenvalue weighted by atomic mass is 16.6. The van der Waals surface area contributed by atoms with E-state index in [2.05, 4.69) is 33.1 Å². The number of ether oxygens (including phenoxy) is 1. The number of nitrogens with zero attached hydrogens (tertiary/aromatic N) is 1. The molecule has 1 amide bonds. The minimum atomic E-state index is -0.473. The number of amides is 1. The lowest BCUT2D eigenvalue weighted by atomic mass is 10.2. The summed E-state index contributed by atoms with van der Waals surface area (Å²) in [6.07, 6.45) is 5.99. The van der Waals surface area contributed by atoms with Crippen molar-refractivity contribution in [3.63, 3.8) is 0 Å². The second-order valence-electron chi connectivity index (χ2n) is 5.97. The van der Waals surface area contributed by atoms with Gasteiger partial charge in [0.15, 0.2) is 5.96 Å². The summed E-state index contributed by atoms with van der Waals surface area (Å²) < 4.78 is 5.16. The van der Waals surface area contributed by atoms with Crippen LogP contribution in [-0.2, 0) is 4.74 Å². The highest BCUT2D eigenvalue weighted by Gasteiger charge is 2.15. The van der Waals surface area contributed by atoms with Gasteiger partial charge in [0.25, 0.3) is 0 Å². The Kier molecular flexibility index (Phi) is 7.05. The fourth-order valence-electron chi connectivity index (χ4n) is 1.89. The Bertz CT molecular complexity index is 378. The van der Waals surface area contributed by atoms with E-state index in [1.165, 1.54) is 0 Å². The van der Waals surface area contributed by atoms with E-state index in [4.69, 9.17) is 4.74 Å². The average Bonchev–Trinajstić information content (AvgIpc) is 2.85. The molecule has 0 unspecified atom stereocenters. The van der Waals surface area contributed by atoms with Crippen molar-refractivity contribution < 1.29 is 9.53 Å². The molecule has 0 aliphatic heterocycles. The van der Waals surface area contributed by atoms with E-state index in [1.807, 2.05) is 27.7 Å². The highest BCUT2D eigenvalue weighted by molar-refractivity contribution is 5.80. The van der Waals surface area contributed by atoms with E-state index < -0.39 is 11.7 Å². The van der Waals surface area contributed by atoms with Gasteiger partial charge in [0.2, 0.25) is 0 Å². The highest BCUT2D eigenvalue weighted by Crippen LogP contribution is 2.08. The lowest BCUT2D eigenvalue weighted by molar-refractivity contribution is 0.0529. The summed E-state index contributed by atoms with van der Waals surface area (Å²) in [7, 11) is 0. The third-order valence-corrected chi connectivity index (χ3v) is 2.74. The molecule has 0 aromatic heterocycles. The number of aliphatic imine (C=N–C) groups is 1. The maximum atomic E-state index is 11.5. The lowest BCUT2D eigenvalue weighted by Crippen LogP contribution is -2.43. The first-order valence-corrected chi connectivity index (χ1v) is 7.57. The number of guanidine groups is 1. The summed E-state index contributed by atoms with van der Waals surface area (Å²) in [5.74, 6) is 0.789. The van der Waals surface area contributed by atoms with Crippen LogP contribution in [0.15, 0.2) is 17.1 Å². The van der Waals surface area contributed by atoms with Crippen LogP contribution in [0.25, 0.3) is 0 Å². The molecule has 0 bridgehead atoms. The molecule has 0 heterocycles. The Hall–Kier alpha value is -1.72. The number of carbonyl (C=O) groups is 1. The van der Waals surface area contributed by atoms with Crippen molar-refractivity contribution in [2.24, 2.45) is 4.99 Å². The predicted octanol–water partition coefficient (Wildman–Crippen LogP) is 1.78. The third kappa shape index (κ3) is 8.22. The molecule has 1 aliphatic rings. The lowest BCUT2D eigenvalue weighted by Gasteiger charge is -2.19. The van der Waals surface area contributed by atoms with Crippen molar-refractivity contribution >= 4 is 12.1 Å². The van der Waals surface area contributed by atoms with Crippen molar-refractivity contribution in [1.82, 2.24) is 16.0 Å². The second-order valence-corrected chi connectivity index (χ2v) is 5.97. The van der Waals surface area contributed by atoms with E-state index >= 15 is 0 Å². The molecule has 0 saturated heterocycles. The molecule has 0 aromatic rings. The topological polar surface area (TPSA) is 74.8 Å². The van der Waals surface area contributed by atoms with Gasteiger partial charge in [-0.05, 0) is 40.5 Å². The summed E-state index contributed by atoms with van der Waals surface area (Å²) in [6.45, 7) is 9.33. The third-order valence-electron chi connectivity index (χ3n) is 2.74. The normalized spacial score (nSPS) is 15.9. The number of carbonyl (C=O) groups excluding carboxylic acids is 1. The van der Waals surface area contributed by atoms with Gasteiger partial charge in [0.1, 0.15) is 5.60 Å². The van der Waals surface area contributed by atoms with Crippen LogP contribution in [-0.4, -0.2) is 43.3 Å². The van der Waals surface area contributed by atoms with Gasteiger partial charge in [-0.3, -0.25) is 4.99 Å². The van der Waals surface area contributed by atoms with Gasteiger partial charge in [-0.15, -0.1) is 0 Å². The molecular formula is C15H28N4O2. The zero-order valence-corrected chi connectivity index (χ0v) is 13.5. The molecule has 0 spiro atoms. The Balaban J connectivity index is 2.28. The van der Waals surface area contributed by atoms with Crippen molar-refractivity contribution in [3.05, 3.63) is 12.2 Å². The minimum Gasteiger partial charge on any atom is -0.444 e. The number of hydrogen-bond donors (Lipinski definition) is 3. The summed E-state index contributed by atoms with van der Waals surface area (Å²) in [6, 6.07) is 0.418. The van der Waals surface area contributed by atoms with Crippen molar-refractivity contribution in [2.45, 2.75) is 52.2 Å². The molecule has 1 aliphatic carbocycles. The predicted molar refractivity (Wildman–Crippen MR) is 85.5 cm³/mol. The largest absolute Gasteiger partial charge is 0.444 e. The van der Waals surface area contributed by atoms with Crippen molar-refractivity contribution in [2.75, 3.05) is 19.6 Å². The molecule has 21 heavy (non-hydrogen) atoms. The molecule has 0 fully saturated rings. The number of nitrogens with one attached hydrogen (secondary N) is 3. The van der Waals surface area contributed by atoms with Gasteiger partial charge in [-0.2, -0.15) is 0 Å². The van der Waals surface area contributed by atoms with E-state index in [1.54, 1.807) is 0 Å². The maximum absolute atomic E-state index is 11.5. The summed E-state index contributed by atoms with van der Waals surface area (Å²) in [4.78, 5) is 15.9. The van der Waals surface area contributed by atoms with Crippen LogP contribution in [0.2, 0.25) is 0 Å². The monoisotopic (exact) mass is 296 g/mol. The van der Waals surface area contributed by atoms with Crippen LogP contribution >= 0.6 is 0 Å². The zero-order valence-electron chi connectivity index (χ0n) is 13.5. The van der Waals surface area contributed by atoms with Crippen LogP contribution in [0, 0.1) is 0 Å². The molecule has 120 valence electrons. The molecular weight excluding hydrogens is 268 g/mol. The number of hydrogen-bond acceptors (Lipinski definition) is 3. The van der Waals surface area contributed by atoms with Gasteiger partial charge >= 0.3 is 6.09 Å². The van der Waals surface area contributed by atoms with Crippen LogP contribution in [0.4, 0.5) is 4.79 Å². The summed E-state index contributed by atoms with van der Waals surface area (Å²) >= 11 is 0. The van der Waals surface area contributed by atoms with E-state index in [0.29, 0.717) is 19.1 Å². The number of rotatable bonds is 5. The fourth-order valence-corrected chi connectivity index (χ4v) is 1.89. The first-order valence-electron chi connectivity index (χ1n) is 7.57. The first kappa shape index (κ1) is 17.3. The summed E-state index contributed by atoms with van der Waals surface area (Å²) in [5, 5.41) is 9.27. The first-order chi connectivity index (χ1) is 9.90. The Labute approximate surface area is 127 Å². The maximum Gasteiger partial charge on any atom is 0.407 e. The van der Waals surface area contributed by atoms with E-state index in [-0.39, 0.29) is 0 Å². The standard InChI is InChI=1S/C15H28N4O2/c1-5-16-13(19-12-8-6-7-9-12)17-10-11-18-14(20)21-15(2,3)4/h6-7,12H,5,8-11H2,1-4H3,(H,18,20)(H2,16,17,19). The van der Waals surface area contributed by atoms with Crippen LogP contribution in [0.3, 0.4) is 0 Å². The second kappa shape index (κ2) is 8.54. The van der Waals surface area contributed by atoms with Gasteiger partial charge in [-0.25, -0.2) is 4.79 Å². The Morgan fingerprint density at radius 2 is 1.95 bits per heavy atom. The van der Waals surface area contributed by atoms with Gasteiger partial charge in [-0.1, -0.05) is 12.2 Å². The SMILES string of the molecule is CCNC(=NCCNC(=O)OC(C)(C)C)NC1CC=CC1. The van der Waals surface area contributed by atoms with Gasteiger partial charge in [0, 0.05) is 19.1 Å². The quantitative estimate of drug-likeness (QED) is 0.313. The molecule has 0 aromatic carbocycles. The molecule has 6 nitrogen and oxygen atoms in total. The van der Waals surface area contributed by atoms with Crippen molar-refractivity contribution in [3.8, 4) is 0 Å². The molecule has 6 heteroatoms. The zero-order chi connectivity index (χ0) is 15.7. The Morgan fingerprint density at radius 1 is 1.29 bits per heavy atom. The van der Waals surface area contributed by atoms with Crippen molar-refractivity contribution in [1.29, 1.82) is 0 Å². The van der Waals surface area contributed by atoms with Crippen LogP contribution in [0.5, 0.6) is 0 Å². The molecule has 1 rings (SSSR count).